The smallest absolute Gasteiger partial charge is 0.187 e. The van der Waals surface area contributed by atoms with Gasteiger partial charge in [-0.25, -0.2) is 0 Å². The van der Waals surface area contributed by atoms with Crippen LogP contribution in [-0.4, -0.2) is 145 Å². The van der Waals surface area contributed by atoms with Crippen molar-refractivity contribution in [1.82, 2.24) is 0 Å². The van der Waals surface area contributed by atoms with E-state index in [1.807, 2.05) is 0 Å². The predicted octanol–water partition coefficient (Wildman–Crippen LogP) is -5.52. The van der Waals surface area contributed by atoms with Crippen LogP contribution in [0.2, 0.25) is 0 Å². The van der Waals surface area contributed by atoms with Crippen LogP contribution < -0.4 is 0 Å². The third kappa shape index (κ3) is 4.94. The Bertz CT molecular complexity index is 608. The van der Waals surface area contributed by atoms with Crippen molar-refractivity contribution < 1.29 is 69.6 Å². The van der Waals surface area contributed by atoms with Crippen LogP contribution in [0.4, 0.5) is 0 Å². The molecule has 3 saturated heterocycles. The van der Waals surface area contributed by atoms with E-state index in [1.54, 1.807) is 0 Å². The van der Waals surface area contributed by atoms with E-state index in [-0.39, 0.29) is 0 Å². The fourth-order valence-electron chi connectivity index (χ4n) is 3.93. The first-order valence-electron chi connectivity index (χ1n) is 10.3. The summed E-state index contributed by atoms with van der Waals surface area (Å²) in [5, 5.41) is 90.7. The zero-order valence-corrected chi connectivity index (χ0v) is 17.4. The van der Waals surface area contributed by atoms with E-state index in [4.69, 9.17) is 23.7 Å². The van der Waals surface area contributed by atoms with Crippen LogP contribution in [0, 0.1) is 0 Å². The maximum atomic E-state index is 10.6. The number of hydrogen-bond donors (Lipinski definition) is 9. The molecule has 14 heteroatoms. The Labute approximate surface area is 183 Å². The summed E-state index contributed by atoms with van der Waals surface area (Å²) in [6.07, 6.45) is -22.4. The molecule has 3 unspecified atom stereocenters. The first-order chi connectivity index (χ1) is 15.0. The maximum absolute atomic E-state index is 10.6. The lowest BCUT2D eigenvalue weighted by atomic mass is 9.96. The van der Waals surface area contributed by atoms with E-state index in [9.17, 15) is 46.0 Å². The monoisotopic (exact) mass is 472 g/mol. The van der Waals surface area contributed by atoms with Crippen LogP contribution in [0.25, 0.3) is 0 Å². The van der Waals surface area contributed by atoms with Gasteiger partial charge in [-0.05, 0) is 13.8 Å². The molecule has 0 bridgehead atoms. The second-order valence-corrected chi connectivity index (χ2v) is 8.30. The molecule has 3 aliphatic rings. The SMILES string of the molecule is C[C@@H]1OC(O[C@@H]2[C@H](O)[C@@H](O)C(O[C@H]3C(O)O[C@@H](C)[C@H](O)[C@H]3O)O[C@@H]2CO)[C@H](O)[C@H](O)[C@H]1O. The largest absolute Gasteiger partial charge is 0.394 e. The number of hydrogen-bond acceptors (Lipinski definition) is 14. The van der Waals surface area contributed by atoms with Crippen LogP contribution in [0.1, 0.15) is 13.8 Å². The van der Waals surface area contributed by atoms with Gasteiger partial charge in [-0.3, -0.25) is 0 Å². The summed E-state index contributed by atoms with van der Waals surface area (Å²) in [6, 6.07) is 0. The van der Waals surface area contributed by atoms with Crippen molar-refractivity contribution >= 4 is 0 Å². The average molecular weight is 472 g/mol. The van der Waals surface area contributed by atoms with E-state index < -0.39 is 98.7 Å². The van der Waals surface area contributed by atoms with Gasteiger partial charge < -0.3 is 69.6 Å². The van der Waals surface area contributed by atoms with E-state index >= 15 is 0 Å². The lowest BCUT2D eigenvalue weighted by Gasteiger charge is -2.47. The predicted molar refractivity (Wildman–Crippen MR) is 98.4 cm³/mol. The molecule has 32 heavy (non-hydrogen) atoms. The summed E-state index contributed by atoms with van der Waals surface area (Å²) in [6.45, 7) is 2.10. The third-order valence-corrected chi connectivity index (χ3v) is 6.01. The second-order valence-electron chi connectivity index (χ2n) is 8.30. The molecule has 0 aromatic heterocycles. The van der Waals surface area contributed by atoms with Crippen molar-refractivity contribution in [2.75, 3.05) is 6.61 Å². The molecule has 0 aliphatic carbocycles. The zero-order valence-electron chi connectivity index (χ0n) is 17.4. The Kier molecular flexibility index (Phi) is 8.44. The van der Waals surface area contributed by atoms with E-state index in [2.05, 4.69) is 0 Å². The number of aliphatic hydroxyl groups is 9. The van der Waals surface area contributed by atoms with Crippen molar-refractivity contribution in [1.29, 1.82) is 0 Å². The Hall–Kier alpha value is -0.560. The van der Waals surface area contributed by atoms with Gasteiger partial charge in [0.15, 0.2) is 18.9 Å². The van der Waals surface area contributed by atoms with Crippen LogP contribution in [0.15, 0.2) is 0 Å². The molecule has 0 saturated carbocycles. The van der Waals surface area contributed by atoms with E-state index in [0.29, 0.717) is 0 Å². The number of aliphatic hydroxyl groups excluding tert-OH is 9. The standard InChI is InChI=1S/C18H32O14/c1-4-8(21)10(23)15(16(27)28-4)32-18-13(26)11(24)14(6(3-19)30-18)31-17-12(25)9(22)7(20)5(2)29-17/h4-27H,3H2,1-2H3/t4-,5-,6+,7-,8-,9+,10+,11+,12+,13+,14-,15+,16?,17?,18?/m0/s1. The van der Waals surface area contributed by atoms with Crippen molar-refractivity contribution in [2.45, 2.75) is 106 Å². The van der Waals surface area contributed by atoms with Gasteiger partial charge in [0.1, 0.15) is 61.0 Å². The van der Waals surface area contributed by atoms with E-state index in [1.165, 1.54) is 13.8 Å². The molecular weight excluding hydrogens is 440 g/mol. The first-order valence-corrected chi connectivity index (χ1v) is 10.3. The molecule has 188 valence electrons. The van der Waals surface area contributed by atoms with Gasteiger partial charge in [-0.2, -0.15) is 0 Å². The van der Waals surface area contributed by atoms with Crippen LogP contribution >= 0.6 is 0 Å². The summed E-state index contributed by atoms with van der Waals surface area (Å²) >= 11 is 0. The number of rotatable bonds is 5. The van der Waals surface area contributed by atoms with Crippen molar-refractivity contribution in [3.8, 4) is 0 Å². The highest BCUT2D eigenvalue weighted by molar-refractivity contribution is 4.95. The zero-order chi connectivity index (χ0) is 23.9. The molecule has 3 aliphatic heterocycles. The molecule has 14 nitrogen and oxygen atoms in total. The van der Waals surface area contributed by atoms with E-state index in [0.717, 1.165) is 0 Å². The molecule has 3 heterocycles. The summed E-state index contributed by atoms with van der Waals surface area (Å²) in [4.78, 5) is 0. The Morgan fingerprint density at radius 3 is 1.66 bits per heavy atom. The van der Waals surface area contributed by atoms with Gasteiger partial charge in [0.05, 0.1) is 18.8 Å². The fourth-order valence-corrected chi connectivity index (χ4v) is 3.93. The van der Waals surface area contributed by atoms with Crippen molar-refractivity contribution in [2.24, 2.45) is 0 Å². The lowest BCUT2D eigenvalue weighted by Crippen LogP contribution is -2.66. The minimum Gasteiger partial charge on any atom is -0.394 e. The first kappa shape index (κ1) is 26.1. The van der Waals surface area contributed by atoms with Crippen LogP contribution in [0.3, 0.4) is 0 Å². The molecule has 0 spiro atoms. The highest BCUT2D eigenvalue weighted by atomic mass is 16.8. The van der Waals surface area contributed by atoms with Crippen molar-refractivity contribution in [3.63, 3.8) is 0 Å². The minimum absolute atomic E-state index is 0.746. The maximum Gasteiger partial charge on any atom is 0.187 e. The molecule has 3 fully saturated rings. The molecule has 9 N–H and O–H groups in total. The Morgan fingerprint density at radius 1 is 0.562 bits per heavy atom. The Balaban J connectivity index is 1.69. The molecule has 15 atom stereocenters. The molecule has 0 aromatic carbocycles. The highest BCUT2D eigenvalue weighted by Crippen LogP contribution is 2.31. The quantitative estimate of drug-likeness (QED) is 0.182. The molecule has 3 rings (SSSR count). The minimum atomic E-state index is -1.83. The van der Waals surface area contributed by atoms with Crippen LogP contribution in [-0.2, 0) is 23.7 Å². The lowest BCUT2D eigenvalue weighted by molar-refractivity contribution is -0.379. The second kappa shape index (κ2) is 10.4. The van der Waals surface area contributed by atoms with Crippen molar-refractivity contribution in [3.05, 3.63) is 0 Å². The summed E-state index contributed by atoms with van der Waals surface area (Å²) in [7, 11) is 0. The average Bonchev–Trinajstić information content (AvgIpc) is 2.76. The molecule has 0 radical (unpaired) electrons. The third-order valence-electron chi connectivity index (χ3n) is 6.01. The van der Waals surface area contributed by atoms with Gasteiger partial charge >= 0.3 is 0 Å². The van der Waals surface area contributed by atoms with Crippen LogP contribution in [0.5, 0.6) is 0 Å². The van der Waals surface area contributed by atoms with Gasteiger partial charge in [-0.1, -0.05) is 0 Å². The summed E-state index contributed by atoms with van der Waals surface area (Å²) in [5.41, 5.74) is 0. The molecule has 0 amide bonds. The number of ether oxygens (including phenoxy) is 5. The topological polar surface area (TPSA) is 228 Å². The van der Waals surface area contributed by atoms with Gasteiger partial charge in [-0.15, -0.1) is 0 Å². The summed E-state index contributed by atoms with van der Waals surface area (Å²) < 4.78 is 26.6. The summed E-state index contributed by atoms with van der Waals surface area (Å²) in [5.74, 6) is 0. The normalized spacial score (nSPS) is 55.0. The van der Waals surface area contributed by atoms with Gasteiger partial charge in [0.2, 0.25) is 0 Å². The highest BCUT2D eigenvalue weighted by Gasteiger charge is 2.52. The molecule has 0 aromatic rings. The Morgan fingerprint density at radius 2 is 1.03 bits per heavy atom. The van der Waals surface area contributed by atoms with Gasteiger partial charge in [0, 0.05) is 0 Å². The molecular formula is C18H32O14. The van der Waals surface area contributed by atoms with Gasteiger partial charge in [0.25, 0.3) is 0 Å². The fraction of sp³-hybridized carbons (Fsp3) is 1.00.